The summed E-state index contributed by atoms with van der Waals surface area (Å²) in [4.78, 5) is 27.8. The molecule has 22 heavy (non-hydrogen) atoms. The predicted molar refractivity (Wildman–Crippen MR) is 87.1 cm³/mol. The quantitative estimate of drug-likeness (QED) is 0.758. The lowest BCUT2D eigenvalue weighted by molar-refractivity contribution is -0.147. The highest BCUT2D eigenvalue weighted by molar-refractivity contribution is 5.99. The fourth-order valence-electron chi connectivity index (χ4n) is 2.81. The molecule has 1 aromatic carbocycles. The van der Waals surface area contributed by atoms with Crippen molar-refractivity contribution in [2.24, 2.45) is 5.92 Å². The van der Waals surface area contributed by atoms with E-state index in [1.165, 1.54) is 0 Å². The third-order valence-electron chi connectivity index (χ3n) is 4.03. The Morgan fingerprint density at radius 2 is 1.86 bits per heavy atom. The van der Waals surface area contributed by atoms with E-state index in [9.17, 15) is 9.59 Å². The molecule has 1 heterocycles. The Labute approximate surface area is 131 Å². The Morgan fingerprint density at radius 3 is 2.41 bits per heavy atom. The number of amides is 1. The molecule has 1 saturated heterocycles. The van der Waals surface area contributed by atoms with Crippen LogP contribution < -0.4 is 9.80 Å². The number of hydrogen-bond acceptors (Lipinski definition) is 4. The Hall–Kier alpha value is -2.04. The van der Waals surface area contributed by atoms with Crippen molar-refractivity contribution in [3.05, 3.63) is 24.3 Å². The first-order valence-electron chi connectivity index (χ1n) is 7.92. The Kier molecular flexibility index (Phi) is 5.41. The van der Waals surface area contributed by atoms with Crippen LogP contribution >= 0.6 is 0 Å². The number of hydrogen-bond donors (Lipinski definition) is 0. The van der Waals surface area contributed by atoms with Crippen molar-refractivity contribution in [3.63, 3.8) is 0 Å². The van der Waals surface area contributed by atoms with Crippen LogP contribution in [0.25, 0.3) is 0 Å². The largest absolute Gasteiger partial charge is 0.466 e. The van der Waals surface area contributed by atoms with Crippen LogP contribution in [0.5, 0.6) is 0 Å². The molecule has 0 aromatic heterocycles. The molecule has 0 radical (unpaired) electrons. The first-order chi connectivity index (χ1) is 10.6. The van der Waals surface area contributed by atoms with Crippen LogP contribution in [0.3, 0.4) is 0 Å². The summed E-state index contributed by atoms with van der Waals surface area (Å²) >= 11 is 0. The summed E-state index contributed by atoms with van der Waals surface area (Å²) in [7, 11) is 0. The molecule has 0 spiro atoms. The van der Waals surface area contributed by atoms with Crippen LogP contribution in [0.4, 0.5) is 11.4 Å². The van der Waals surface area contributed by atoms with E-state index in [0.717, 1.165) is 24.5 Å². The third kappa shape index (κ3) is 3.40. The van der Waals surface area contributed by atoms with Gasteiger partial charge in [0.25, 0.3) is 0 Å². The minimum Gasteiger partial charge on any atom is -0.466 e. The second-order valence-corrected chi connectivity index (χ2v) is 5.35. The molecular formula is C17H24N2O3. The van der Waals surface area contributed by atoms with E-state index in [1.54, 1.807) is 11.8 Å². The van der Waals surface area contributed by atoms with E-state index in [-0.39, 0.29) is 24.2 Å². The Bertz CT molecular complexity index is 523. The van der Waals surface area contributed by atoms with Crippen LogP contribution in [-0.2, 0) is 14.3 Å². The summed E-state index contributed by atoms with van der Waals surface area (Å²) in [5.74, 6) is -0.651. The number of carbonyl (C=O) groups excluding carboxylic acids is 2. The summed E-state index contributed by atoms with van der Waals surface area (Å²) < 4.78 is 5.01. The normalized spacial score (nSPS) is 17.7. The first kappa shape index (κ1) is 16.3. The maximum absolute atomic E-state index is 12.1. The molecule has 0 bridgehead atoms. The van der Waals surface area contributed by atoms with Crippen molar-refractivity contribution in [2.75, 3.05) is 36.0 Å². The van der Waals surface area contributed by atoms with Crippen LogP contribution in [-0.4, -0.2) is 38.1 Å². The predicted octanol–water partition coefficient (Wildman–Crippen LogP) is 2.45. The van der Waals surface area contributed by atoms with Crippen molar-refractivity contribution >= 4 is 23.3 Å². The number of anilines is 2. The van der Waals surface area contributed by atoms with E-state index in [0.29, 0.717) is 13.2 Å². The van der Waals surface area contributed by atoms with Gasteiger partial charge in [0, 0.05) is 37.4 Å². The van der Waals surface area contributed by atoms with Crippen LogP contribution in [0.2, 0.25) is 0 Å². The van der Waals surface area contributed by atoms with Gasteiger partial charge in [0.15, 0.2) is 0 Å². The lowest BCUT2D eigenvalue weighted by Gasteiger charge is -2.22. The molecule has 5 nitrogen and oxygen atoms in total. The van der Waals surface area contributed by atoms with Gasteiger partial charge in [-0.1, -0.05) is 0 Å². The number of benzene rings is 1. The van der Waals surface area contributed by atoms with E-state index < -0.39 is 0 Å². The molecular weight excluding hydrogens is 280 g/mol. The highest BCUT2D eigenvalue weighted by Crippen LogP contribution is 2.27. The maximum Gasteiger partial charge on any atom is 0.311 e. The maximum atomic E-state index is 12.1. The van der Waals surface area contributed by atoms with Gasteiger partial charge in [-0.3, -0.25) is 9.59 Å². The molecule has 1 atom stereocenters. The first-order valence-corrected chi connectivity index (χ1v) is 7.92. The van der Waals surface area contributed by atoms with Gasteiger partial charge in [-0.25, -0.2) is 0 Å². The molecule has 2 rings (SSSR count). The van der Waals surface area contributed by atoms with Gasteiger partial charge in [0.1, 0.15) is 0 Å². The summed E-state index contributed by atoms with van der Waals surface area (Å²) in [6.45, 7) is 8.66. The number of ether oxygens (including phenoxy) is 1. The number of rotatable bonds is 6. The minimum atomic E-state index is -0.352. The molecule has 1 aromatic rings. The van der Waals surface area contributed by atoms with Crippen molar-refractivity contribution in [2.45, 2.75) is 27.2 Å². The monoisotopic (exact) mass is 304 g/mol. The van der Waals surface area contributed by atoms with E-state index in [4.69, 9.17) is 4.74 Å². The van der Waals surface area contributed by atoms with Crippen molar-refractivity contribution < 1.29 is 14.3 Å². The van der Waals surface area contributed by atoms with Gasteiger partial charge in [0.05, 0.1) is 12.5 Å². The summed E-state index contributed by atoms with van der Waals surface area (Å²) in [5, 5.41) is 0. The lowest BCUT2D eigenvalue weighted by atomic mass is 10.1. The zero-order valence-electron chi connectivity index (χ0n) is 13.5. The smallest absolute Gasteiger partial charge is 0.311 e. The molecule has 5 heteroatoms. The topological polar surface area (TPSA) is 49.9 Å². The second kappa shape index (κ2) is 7.29. The number of esters is 1. The molecule has 0 N–H and O–H groups in total. The van der Waals surface area contributed by atoms with Crippen molar-refractivity contribution in [3.8, 4) is 0 Å². The molecule has 1 aliphatic rings. The molecule has 1 amide bonds. The molecule has 0 unspecified atom stereocenters. The summed E-state index contributed by atoms with van der Waals surface area (Å²) in [6, 6.07) is 7.93. The number of carbonyl (C=O) groups is 2. The second-order valence-electron chi connectivity index (χ2n) is 5.35. The van der Waals surface area contributed by atoms with Gasteiger partial charge in [0.2, 0.25) is 5.91 Å². The third-order valence-corrected chi connectivity index (χ3v) is 4.03. The fourth-order valence-corrected chi connectivity index (χ4v) is 2.81. The average Bonchev–Trinajstić information content (AvgIpc) is 2.91. The van der Waals surface area contributed by atoms with Gasteiger partial charge < -0.3 is 14.5 Å². The van der Waals surface area contributed by atoms with Crippen LogP contribution in [0.15, 0.2) is 24.3 Å². The Morgan fingerprint density at radius 1 is 1.23 bits per heavy atom. The summed E-state index contributed by atoms with van der Waals surface area (Å²) in [6.07, 6.45) is 0.233. The van der Waals surface area contributed by atoms with E-state index >= 15 is 0 Å². The van der Waals surface area contributed by atoms with Crippen molar-refractivity contribution in [1.29, 1.82) is 0 Å². The minimum absolute atomic E-state index is 0.0198. The number of nitrogens with zero attached hydrogens (tertiary/aromatic N) is 2. The van der Waals surface area contributed by atoms with Gasteiger partial charge in [-0.2, -0.15) is 0 Å². The van der Waals surface area contributed by atoms with Crippen LogP contribution in [0.1, 0.15) is 27.2 Å². The zero-order valence-corrected chi connectivity index (χ0v) is 13.5. The Balaban J connectivity index is 2.09. The van der Waals surface area contributed by atoms with E-state index in [1.807, 2.05) is 24.3 Å². The van der Waals surface area contributed by atoms with Crippen LogP contribution in [0, 0.1) is 5.92 Å². The highest BCUT2D eigenvalue weighted by atomic mass is 16.5. The molecule has 0 aliphatic carbocycles. The fraction of sp³-hybridized carbons (Fsp3) is 0.529. The van der Waals surface area contributed by atoms with E-state index in [2.05, 4.69) is 18.7 Å². The van der Waals surface area contributed by atoms with Gasteiger partial charge in [-0.15, -0.1) is 0 Å². The molecule has 1 fully saturated rings. The van der Waals surface area contributed by atoms with Gasteiger partial charge >= 0.3 is 5.97 Å². The lowest BCUT2D eigenvalue weighted by Crippen LogP contribution is -2.26. The molecule has 120 valence electrons. The highest BCUT2D eigenvalue weighted by Gasteiger charge is 2.35. The molecule has 0 saturated carbocycles. The molecule has 1 aliphatic heterocycles. The standard InChI is InChI=1S/C17H24N2O3/c1-4-18(5-2)14-7-9-15(10-8-14)19-12-13(11-16(19)20)17(21)22-6-3/h7-10,13H,4-6,11-12H2,1-3H3/t13-/m0/s1. The zero-order chi connectivity index (χ0) is 16.1. The SMILES string of the molecule is CCOC(=O)[C@H]1CC(=O)N(c2ccc(N(CC)CC)cc2)C1. The van der Waals surface area contributed by atoms with Gasteiger partial charge in [-0.05, 0) is 45.0 Å². The average molecular weight is 304 g/mol. The van der Waals surface area contributed by atoms with Crippen molar-refractivity contribution in [1.82, 2.24) is 0 Å². The summed E-state index contributed by atoms with van der Waals surface area (Å²) in [5.41, 5.74) is 1.98.